The lowest BCUT2D eigenvalue weighted by atomic mass is 10.1. The molecule has 1 aromatic rings. The van der Waals surface area contributed by atoms with Crippen LogP contribution < -0.4 is 5.43 Å². The first kappa shape index (κ1) is 15.0. The number of nitriles is 2. The fourth-order valence-electron chi connectivity index (χ4n) is 1.23. The van der Waals surface area contributed by atoms with E-state index in [0.717, 1.165) is 12.1 Å². The molecule has 0 fully saturated rings. The third-order valence-electron chi connectivity index (χ3n) is 2.06. The maximum Gasteiger partial charge on any atom is 0.417 e. The van der Waals surface area contributed by atoms with E-state index in [1.807, 2.05) is 0 Å². The number of carboxylic acid groups (broad SMARTS) is 1. The first-order valence-corrected chi connectivity index (χ1v) is 4.88. The van der Waals surface area contributed by atoms with E-state index in [-0.39, 0.29) is 5.69 Å². The van der Waals surface area contributed by atoms with Crippen LogP contribution in [0.2, 0.25) is 0 Å². The number of hydrazone groups is 1. The molecule has 0 aromatic heterocycles. The number of hydrogen-bond acceptors (Lipinski definition) is 5. The molecule has 0 spiro atoms. The monoisotopic (exact) mass is 282 g/mol. The summed E-state index contributed by atoms with van der Waals surface area (Å²) in [5.74, 6) is -1.72. The van der Waals surface area contributed by atoms with Crippen molar-refractivity contribution in [3.8, 4) is 12.1 Å². The quantitative estimate of drug-likeness (QED) is 0.652. The lowest BCUT2D eigenvalue weighted by molar-refractivity contribution is -0.138. The average Bonchev–Trinajstić information content (AvgIpc) is 2.38. The van der Waals surface area contributed by atoms with E-state index in [1.54, 1.807) is 0 Å². The zero-order valence-electron chi connectivity index (χ0n) is 9.56. The molecule has 0 bridgehead atoms. The number of carbonyl (C=O) groups is 1. The SMILES string of the molecule is N#CC(C#N)=NNc1ccc(C(=O)O)c(C(F)(F)F)c1. The molecule has 0 unspecified atom stereocenters. The first-order valence-electron chi connectivity index (χ1n) is 4.88. The van der Waals surface area contributed by atoms with E-state index in [9.17, 15) is 18.0 Å². The molecule has 102 valence electrons. The van der Waals surface area contributed by atoms with E-state index in [0.29, 0.717) is 6.07 Å². The standard InChI is InChI=1S/C11H5F3N4O2/c12-11(13,14)9-3-6(1-2-8(9)10(19)20)17-18-7(4-15)5-16/h1-3,17H,(H,19,20). The van der Waals surface area contributed by atoms with Crippen LogP contribution in [0.15, 0.2) is 23.3 Å². The van der Waals surface area contributed by atoms with Crippen molar-refractivity contribution in [2.24, 2.45) is 5.10 Å². The Morgan fingerprint density at radius 2 is 1.90 bits per heavy atom. The minimum atomic E-state index is -4.86. The molecule has 0 aliphatic heterocycles. The number of alkyl halides is 3. The Bertz CT molecular complexity index is 637. The summed E-state index contributed by atoms with van der Waals surface area (Å²) in [5.41, 5.74) is -0.981. The second-order valence-corrected chi connectivity index (χ2v) is 3.36. The maximum absolute atomic E-state index is 12.7. The van der Waals surface area contributed by atoms with E-state index in [1.165, 1.54) is 12.1 Å². The number of carboxylic acids is 1. The second kappa shape index (κ2) is 5.71. The predicted octanol–water partition coefficient (Wildman–Crippen LogP) is 2.22. The molecule has 6 nitrogen and oxygen atoms in total. The van der Waals surface area contributed by atoms with Crippen LogP contribution in [0.5, 0.6) is 0 Å². The van der Waals surface area contributed by atoms with Crippen LogP contribution in [0.25, 0.3) is 0 Å². The zero-order chi connectivity index (χ0) is 15.3. The van der Waals surface area contributed by atoms with Gasteiger partial charge < -0.3 is 5.11 Å². The third kappa shape index (κ3) is 3.46. The van der Waals surface area contributed by atoms with Crippen LogP contribution in [-0.4, -0.2) is 16.8 Å². The summed E-state index contributed by atoms with van der Waals surface area (Å²) in [6.07, 6.45) is -4.86. The normalized spacial score (nSPS) is 10.1. The van der Waals surface area contributed by atoms with Gasteiger partial charge in [-0.15, -0.1) is 0 Å². The molecular formula is C11H5F3N4O2. The van der Waals surface area contributed by atoms with E-state index in [2.05, 4.69) is 10.5 Å². The number of hydrogen-bond donors (Lipinski definition) is 2. The summed E-state index contributed by atoms with van der Waals surface area (Å²) in [6.45, 7) is 0. The van der Waals surface area contributed by atoms with Crippen molar-refractivity contribution in [1.82, 2.24) is 0 Å². The molecule has 0 heterocycles. The van der Waals surface area contributed by atoms with Crippen molar-refractivity contribution >= 4 is 17.4 Å². The van der Waals surface area contributed by atoms with Crippen molar-refractivity contribution in [3.63, 3.8) is 0 Å². The van der Waals surface area contributed by atoms with Gasteiger partial charge in [-0.1, -0.05) is 0 Å². The van der Waals surface area contributed by atoms with Crippen LogP contribution in [0.4, 0.5) is 18.9 Å². The highest BCUT2D eigenvalue weighted by Gasteiger charge is 2.35. The smallest absolute Gasteiger partial charge is 0.417 e. The van der Waals surface area contributed by atoms with Crippen molar-refractivity contribution in [2.45, 2.75) is 6.18 Å². The van der Waals surface area contributed by atoms with Gasteiger partial charge in [-0.25, -0.2) is 4.79 Å². The molecule has 0 radical (unpaired) electrons. The maximum atomic E-state index is 12.7. The molecule has 0 amide bonds. The van der Waals surface area contributed by atoms with Crippen molar-refractivity contribution < 1.29 is 23.1 Å². The highest BCUT2D eigenvalue weighted by Crippen LogP contribution is 2.33. The number of nitrogens with zero attached hydrogens (tertiary/aromatic N) is 3. The lowest BCUT2D eigenvalue weighted by Gasteiger charge is -2.11. The van der Waals surface area contributed by atoms with Gasteiger partial charge in [-0.2, -0.15) is 28.8 Å². The Labute approximate surface area is 110 Å². The van der Waals surface area contributed by atoms with Gasteiger partial charge in [0.25, 0.3) is 0 Å². The van der Waals surface area contributed by atoms with Crippen molar-refractivity contribution in [2.75, 3.05) is 5.43 Å². The summed E-state index contributed by atoms with van der Waals surface area (Å²) >= 11 is 0. The van der Waals surface area contributed by atoms with Gasteiger partial charge in [-0.05, 0) is 18.2 Å². The molecule has 0 aliphatic rings. The van der Waals surface area contributed by atoms with Crippen LogP contribution in [0.1, 0.15) is 15.9 Å². The Balaban J connectivity index is 3.22. The minimum absolute atomic E-state index is 0.203. The van der Waals surface area contributed by atoms with Gasteiger partial charge in [0.1, 0.15) is 12.1 Å². The average molecular weight is 282 g/mol. The van der Waals surface area contributed by atoms with Crippen molar-refractivity contribution in [1.29, 1.82) is 10.5 Å². The summed E-state index contributed by atoms with van der Waals surface area (Å²) in [7, 11) is 0. The molecule has 0 aliphatic carbocycles. The largest absolute Gasteiger partial charge is 0.478 e. The number of halogens is 3. The molecule has 0 atom stereocenters. The number of rotatable bonds is 3. The Morgan fingerprint density at radius 3 is 2.35 bits per heavy atom. The Hall–Kier alpha value is -3.07. The molecular weight excluding hydrogens is 277 g/mol. The van der Waals surface area contributed by atoms with Gasteiger partial charge in [0.2, 0.25) is 5.71 Å². The van der Waals surface area contributed by atoms with Crippen LogP contribution in [0.3, 0.4) is 0 Å². The van der Waals surface area contributed by atoms with Crippen LogP contribution in [-0.2, 0) is 6.18 Å². The summed E-state index contributed by atoms with van der Waals surface area (Å²) in [5, 5.41) is 28.7. The summed E-state index contributed by atoms with van der Waals surface area (Å²) in [4.78, 5) is 10.7. The molecule has 0 saturated carbocycles. The number of anilines is 1. The van der Waals surface area contributed by atoms with E-state index < -0.39 is 29.0 Å². The van der Waals surface area contributed by atoms with Crippen LogP contribution in [0, 0.1) is 22.7 Å². The Morgan fingerprint density at radius 1 is 1.30 bits per heavy atom. The first-order chi connectivity index (χ1) is 9.29. The van der Waals surface area contributed by atoms with Crippen LogP contribution >= 0.6 is 0 Å². The fraction of sp³-hybridized carbons (Fsp3) is 0.0909. The molecule has 20 heavy (non-hydrogen) atoms. The summed E-state index contributed by atoms with van der Waals surface area (Å²) in [6, 6.07) is 5.13. The summed E-state index contributed by atoms with van der Waals surface area (Å²) < 4.78 is 38.1. The Kier molecular flexibility index (Phi) is 4.28. The van der Waals surface area contributed by atoms with Gasteiger partial charge in [0, 0.05) is 0 Å². The van der Waals surface area contributed by atoms with Gasteiger partial charge in [0.15, 0.2) is 0 Å². The second-order valence-electron chi connectivity index (χ2n) is 3.36. The predicted molar refractivity (Wildman–Crippen MR) is 60.7 cm³/mol. The molecule has 2 N–H and O–H groups in total. The highest BCUT2D eigenvalue weighted by molar-refractivity contribution is 6.10. The number of aromatic carboxylic acids is 1. The molecule has 9 heteroatoms. The number of nitrogens with one attached hydrogen (secondary N) is 1. The van der Waals surface area contributed by atoms with E-state index >= 15 is 0 Å². The fourth-order valence-corrected chi connectivity index (χ4v) is 1.23. The highest BCUT2D eigenvalue weighted by atomic mass is 19.4. The van der Waals surface area contributed by atoms with Crippen molar-refractivity contribution in [3.05, 3.63) is 29.3 Å². The third-order valence-corrected chi connectivity index (χ3v) is 2.06. The van der Waals surface area contributed by atoms with Gasteiger partial charge in [-0.3, -0.25) is 5.43 Å². The van der Waals surface area contributed by atoms with E-state index in [4.69, 9.17) is 15.6 Å². The molecule has 0 saturated heterocycles. The number of benzene rings is 1. The minimum Gasteiger partial charge on any atom is -0.478 e. The lowest BCUT2D eigenvalue weighted by Crippen LogP contribution is -2.13. The van der Waals surface area contributed by atoms with Gasteiger partial charge >= 0.3 is 12.1 Å². The topological polar surface area (TPSA) is 109 Å². The molecule has 1 aromatic carbocycles. The zero-order valence-corrected chi connectivity index (χ0v) is 9.56. The van der Waals surface area contributed by atoms with Gasteiger partial charge in [0.05, 0.1) is 16.8 Å². The molecule has 1 rings (SSSR count).